The number of aryl methyl sites for hydroxylation is 1. The van der Waals surface area contributed by atoms with Crippen molar-refractivity contribution in [2.75, 3.05) is 11.9 Å². The first kappa shape index (κ1) is 13.8. The predicted octanol–water partition coefficient (Wildman–Crippen LogP) is 0.660. The molecular weight excluding hydrogens is 294 g/mol. The van der Waals surface area contributed by atoms with Crippen molar-refractivity contribution in [1.82, 2.24) is 20.1 Å². The molecule has 0 saturated carbocycles. The van der Waals surface area contributed by atoms with E-state index in [2.05, 4.69) is 20.8 Å². The summed E-state index contributed by atoms with van der Waals surface area (Å²) < 4.78 is 1.32. The highest BCUT2D eigenvalue weighted by Crippen LogP contribution is 2.17. The van der Waals surface area contributed by atoms with Crippen LogP contribution in [0.1, 0.15) is 21.7 Å². The quantitative estimate of drug-likeness (QED) is 0.760. The smallest absolute Gasteiger partial charge is 0.276 e. The first-order valence-electron chi connectivity index (χ1n) is 6.50. The number of hydrogen-bond donors (Lipinski definition) is 3. The van der Waals surface area contributed by atoms with Crippen LogP contribution >= 0.6 is 11.6 Å². The van der Waals surface area contributed by atoms with Gasteiger partial charge in [0.1, 0.15) is 5.02 Å². The number of H-pyrrole nitrogens is 1. The van der Waals surface area contributed by atoms with Gasteiger partial charge in [-0.3, -0.25) is 14.7 Å². The third-order valence-electron chi connectivity index (χ3n) is 3.42. The minimum absolute atomic E-state index is 0.0565. The summed E-state index contributed by atoms with van der Waals surface area (Å²) in [6.07, 6.45) is 2.34. The van der Waals surface area contributed by atoms with Crippen LogP contribution in [-0.2, 0) is 20.0 Å². The van der Waals surface area contributed by atoms with Gasteiger partial charge in [-0.25, -0.2) is 0 Å². The second-order valence-corrected chi connectivity index (χ2v) is 5.31. The fraction of sp³-hybridized carbons (Fsp3) is 0.308. The molecule has 1 amide bonds. The van der Waals surface area contributed by atoms with E-state index >= 15 is 0 Å². The first-order chi connectivity index (χ1) is 10.1. The lowest BCUT2D eigenvalue weighted by molar-refractivity contribution is 0.102. The van der Waals surface area contributed by atoms with Crippen molar-refractivity contribution in [2.24, 2.45) is 7.05 Å². The van der Waals surface area contributed by atoms with Crippen molar-refractivity contribution < 1.29 is 4.79 Å². The van der Waals surface area contributed by atoms with Crippen LogP contribution in [0.25, 0.3) is 0 Å². The summed E-state index contributed by atoms with van der Waals surface area (Å²) in [7, 11) is 1.57. The Kier molecular flexibility index (Phi) is 3.52. The number of carbonyl (C=O) groups is 1. The van der Waals surface area contributed by atoms with E-state index in [1.165, 1.54) is 16.8 Å². The van der Waals surface area contributed by atoms with Gasteiger partial charge in [0.05, 0.1) is 5.69 Å². The van der Waals surface area contributed by atoms with Gasteiger partial charge in [-0.1, -0.05) is 11.6 Å². The van der Waals surface area contributed by atoms with Crippen LogP contribution in [-0.4, -0.2) is 27.2 Å². The molecule has 3 rings (SSSR count). The summed E-state index contributed by atoms with van der Waals surface area (Å²) in [4.78, 5) is 23.8. The number of rotatable bonds is 2. The maximum Gasteiger partial charge on any atom is 0.276 e. The largest absolute Gasteiger partial charge is 0.319 e. The van der Waals surface area contributed by atoms with Gasteiger partial charge < -0.3 is 15.2 Å². The molecule has 0 atom stereocenters. The van der Waals surface area contributed by atoms with E-state index < -0.39 is 0 Å². The first-order valence-corrected chi connectivity index (χ1v) is 6.88. The molecule has 110 valence electrons. The fourth-order valence-corrected chi connectivity index (χ4v) is 2.59. The Morgan fingerprint density at radius 2 is 2.33 bits per heavy atom. The van der Waals surface area contributed by atoms with Crippen LogP contribution in [0.4, 0.5) is 5.69 Å². The summed E-state index contributed by atoms with van der Waals surface area (Å²) >= 11 is 5.83. The number of hydrogen-bond acceptors (Lipinski definition) is 4. The van der Waals surface area contributed by atoms with Crippen molar-refractivity contribution in [3.05, 3.63) is 44.6 Å². The van der Waals surface area contributed by atoms with E-state index in [9.17, 15) is 9.59 Å². The normalized spacial score (nSPS) is 13.8. The van der Waals surface area contributed by atoms with E-state index in [0.29, 0.717) is 17.9 Å². The highest BCUT2D eigenvalue weighted by molar-refractivity contribution is 6.30. The van der Waals surface area contributed by atoms with Gasteiger partial charge in [-0.15, -0.1) is 0 Å². The Morgan fingerprint density at radius 3 is 3.10 bits per heavy atom. The zero-order valence-corrected chi connectivity index (χ0v) is 12.1. The minimum Gasteiger partial charge on any atom is -0.319 e. The van der Waals surface area contributed by atoms with Crippen LogP contribution in [0.15, 0.2) is 17.1 Å². The summed E-state index contributed by atoms with van der Waals surface area (Å²) in [5.74, 6) is -0.328. The molecule has 2 aromatic rings. The van der Waals surface area contributed by atoms with Crippen LogP contribution in [0.2, 0.25) is 5.02 Å². The zero-order chi connectivity index (χ0) is 15.0. The number of anilines is 1. The molecule has 0 radical (unpaired) electrons. The molecule has 0 saturated heterocycles. The van der Waals surface area contributed by atoms with Gasteiger partial charge in [-0.2, -0.15) is 5.10 Å². The Hall–Kier alpha value is -2.12. The van der Waals surface area contributed by atoms with E-state index in [1.807, 2.05) is 0 Å². The maximum absolute atomic E-state index is 12.3. The molecule has 3 heterocycles. The molecule has 2 aromatic heterocycles. The molecule has 1 aliphatic heterocycles. The van der Waals surface area contributed by atoms with Gasteiger partial charge in [0, 0.05) is 44.0 Å². The summed E-state index contributed by atoms with van der Waals surface area (Å²) in [5, 5.41) is 12.9. The van der Waals surface area contributed by atoms with Crippen LogP contribution in [0, 0.1) is 0 Å². The van der Waals surface area contributed by atoms with Gasteiger partial charge in [0.25, 0.3) is 11.5 Å². The fourth-order valence-electron chi connectivity index (χ4n) is 2.34. The number of aromatic nitrogens is 3. The van der Waals surface area contributed by atoms with Crippen molar-refractivity contribution in [3.8, 4) is 0 Å². The van der Waals surface area contributed by atoms with E-state index in [1.54, 1.807) is 7.05 Å². The molecule has 8 heteroatoms. The number of amides is 1. The Balaban J connectivity index is 1.87. The topological polar surface area (TPSA) is 91.8 Å². The molecule has 7 nitrogen and oxygen atoms in total. The third kappa shape index (κ3) is 2.57. The monoisotopic (exact) mass is 307 g/mol. The summed E-state index contributed by atoms with van der Waals surface area (Å²) in [5.41, 5.74) is 2.37. The number of carbonyl (C=O) groups excluding carboxylic acids is 1. The zero-order valence-electron chi connectivity index (χ0n) is 11.4. The second kappa shape index (κ2) is 5.34. The van der Waals surface area contributed by atoms with Crippen molar-refractivity contribution in [3.63, 3.8) is 0 Å². The lowest BCUT2D eigenvalue weighted by Gasteiger charge is -2.13. The molecule has 0 aromatic carbocycles. The Bertz CT molecular complexity index is 738. The standard InChI is InChI=1S/C13H14ClN5O2/c1-19-6-7(4-9(14)13(19)21)16-12(20)11-8-5-15-3-2-10(8)17-18-11/h4,6,15H,2-3,5H2,1H3,(H,16,20)(H,17,18). The average molecular weight is 308 g/mol. The van der Waals surface area contributed by atoms with Gasteiger partial charge in [-0.05, 0) is 6.07 Å². The van der Waals surface area contributed by atoms with Gasteiger partial charge >= 0.3 is 0 Å². The molecule has 0 bridgehead atoms. The van der Waals surface area contributed by atoms with Crippen molar-refractivity contribution >= 4 is 23.2 Å². The Labute approximate surface area is 125 Å². The molecule has 0 aliphatic carbocycles. The molecule has 3 N–H and O–H groups in total. The number of aromatic amines is 1. The Morgan fingerprint density at radius 1 is 1.52 bits per heavy atom. The van der Waals surface area contributed by atoms with Gasteiger partial charge in [0.15, 0.2) is 5.69 Å². The highest BCUT2D eigenvalue weighted by Gasteiger charge is 2.21. The maximum atomic E-state index is 12.3. The summed E-state index contributed by atoms with van der Waals surface area (Å²) in [6.45, 7) is 1.48. The summed E-state index contributed by atoms with van der Waals surface area (Å²) in [6, 6.07) is 1.43. The van der Waals surface area contributed by atoms with E-state index in [4.69, 9.17) is 11.6 Å². The van der Waals surface area contributed by atoms with Crippen LogP contribution in [0.3, 0.4) is 0 Å². The molecule has 21 heavy (non-hydrogen) atoms. The number of nitrogens with zero attached hydrogens (tertiary/aromatic N) is 2. The van der Waals surface area contributed by atoms with E-state index in [-0.39, 0.29) is 16.5 Å². The third-order valence-corrected chi connectivity index (χ3v) is 3.69. The molecule has 0 unspecified atom stereocenters. The molecular formula is C13H14ClN5O2. The minimum atomic E-state index is -0.328. The number of halogens is 1. The number of nitrogens with one attached hydrogen (secondary N) is 3. The average Bonchev–Trinajstić information content (AvgIpc) is 2.88. The van der Waals surface area contributed by atoms with Crippen molar-refractivity contribution in [1.29, 1.82) is 0 Å². The lowest BCUT2D eigenvalue weighted by atomic mass is 10.1. The van der Waals surface area contributed by atoms with Crippen LogP contribution < -0.4 is 16.2 Å². The molecule has 0 spiro atoms. The number of pyridine rings is 1. The van der Waals surface area contributed by atoms with Crippen molar-refractivity contribution in [2.45, 2.75) is 13.0 Å². The highest BCUT2D eigenvalue weighted by atomic mass is 35.5. The molecule has 0 fully saturated rings. The van der Waals surface area contributed by atoms with Gasteiger partial charge in [0.2, 0.25) is 0 Å². The number of fused-ring (bicyclic) bond motifs is 1. The lowest BCUT2D eigenvalue weighted by Crippen LogP contribution is -2.25. The van der Waals surface area contributed by atoms with E-state index in [0.717, 1.165) is 24.2 Å². The second-order valence-electron chi connectivity index (χ2n) is 4.90. The molecule has 1 aliphatic rings. The SMILES string of the molecule is Cn1cc(NC(=O)c2n[nH]c3c2CNCC3)cc(Cl)c1=O. The van der Waals surface area contributed by atoms with Crippen LogP contribution in [0.5, 0.6) is 0 Å². The predicted molar refractivity (Wildman–Crippen MR) is 78.6 cm³/mol.